The number of hydrogen-bond acceptors (Lipinski definition) is 3. The van der Waals surface area contributed by atoms with E-state index in [1.165, 1.54) is 0 Å². The maximum absolute atomic E-state index is 12.4. The van der Waals surface area contributed by atoms with Crippen LogP contribution < -0.4 is 0 Å². The lowest BCUT2D eigenvalue weighted by atomic mass is 9.87. The Labute approximate surface area is 121 Å². The van der Waals surface area contributed by atoms with E-state index in [0.29, 0.717) is 13.1 Å². The van der Waals surface area contributed by atoms with E-state index in [1.807, 2.05) is 19.0 Å². The Morgan fingerprint density at radius 3 is 2.30 bits per heavy atom. The van der Waals surface area contributed by atoms with Gasteiger partial charge in [0.25, 0.3) is 0 Å². The van der Waals surface area contributed by atoms with Crippen molar-refractivity contribution in [1.29, 1.82) is 0 Å². The Bertz CT molecular complexity index is 341. The van der Waals surface area contributed by atoms with Crippen LogP contribution in [-0.4, -0.2) is 78.6 Å². The first-order valence-corrected chi connectivity index (χ1v) is 7.28. The van der Waals surface area contributed by atoms with E-state index < -0.39 is 5.97 Å². The summed E-state index contributed by atoms with van der Waals surface area (Å²) < 4.78 is 0. The summed E-state index contributed by atoms with van der Waals surface area (Å²) in [6.07, 6.45) is 0.933. The van der Waals surface area contributed by atoms with Crippen LogP contribution in [-0.2, 0) is 4.79 Å². The van der Waals surface area contributed by atoms with E-state index >= 15 is 0 Å². The number of likely N-dealkylation sites (N-methyl/N-ethyl adjacent to an activating group) is 1. The van der Waals surface area contributed by atoms with E-state index in [2.05, 4.69) is 11.8 Å². The molecule has 0 saturated carbocycles. The lowest BCUT2D eigenvalue weighted by molar-refractivity contribution is -0.144. The second kappa shape index (κ2) is 7.47. The van der Waals surface area contributed by atoms with Gasteiger partial charge in [-0.15, -0.1) is 0 Å². The average Bonchev–Trinajstić information content (AvgIpc) is 2.31. The van der Waals surface area contributed by atoms with Crippen molar-refractivity contribution in [3.63, 3.8) is 0 Å². The smallest absolute Gasteiger partial charge is 0.320 e. The van der Waals surface area contributed by atoms with Gasteiger partial charge in [-0.05, 0) is 20.5 Å². The molecular weight excluding hydrogens is 258 g/mol. The molecule has 0 bridgehead atoms. The van der Waals surface area contributed by atoms with Crippen molar-refractivity contribution in [3.05, 3.63) is 0 Å². The molecule has 0 aromatic rings. The van der Waals surface area contributed by atoms with Crippen molar-refractivity contribution in [2.24, 2.45) is 11.8 Å². The third-order valence-corrected chi connectivity index (χ3v) is 3.86. The lowest BCUT2D eigenvalue weighted by Gasteiger charge is -2.43. The van der Waals surface area contributed by atoms with Gasteiger partial charge in [0.05, 0.1) is 5.92 Å². The van der Waals surface area contributed by atoms with Gasteiger partial charge in [0.2, 0.25) is 0 Å². The van der Waals surface area contributed by atoms with Crippen LogP contribution in [0.5, 0.6) is 0 Å². The van der Waals surface area contributed by atoms with Gasteiger partial charge in [-0.25, -0.2) is 4.79 Å². The van der Waals surface area contributed by atoms with Crippen LogP contribution in [0.1, 0.15) is 20.3 Å². The standard InChI is InChI=1S/C14H27N3O3/c1-5-6-16(8-7-15(3)4)14(20)17-9-12(10-17)11(2)13(18)19/h11-12H,5-10H2,1-4H3,(H,18,19). The number of nitrogens with zero attached hydrogens (tertiary/aromatic N) is 3. The minimum atomic E-state index is -0.778. The predicted octanol–water partition coefficient (Wildman–Crippen LogP) is 1.03. The third kappa shape index (κ3) is 4.37. The fourth-order valence-corrected chi connectivity index (χ4v) is 2.28. The molecule has 0 radical (unpaired) electrons. The molecule has 1 fully saturated rings. The number of rotatable bonds is 7. The number of amides is 2. The molecule has 116 valence electrons. The van der Waals surface area contributed by atoms with Gasteiger partial charge in [-0.1, -0.05) is 13.8 Å². The Morgan fingerprint density at radius 1 is 1.25 bits per heavy atom. The number of carboxylic acid groups (broad SMARTS) is 1. The second-order valence-electron chi connectivity index (χ2n) is 5.86. The number of likely N-dealkylation sites (tertiary alicyclic amines) is 1. The highest BCUT2D eigenvalue weighted by Crippen LogP contribution is 2.25. The van der Waals surface area contributed by atoms with Gasteiger partial charge in [0.1, 0.15) is 0 Å². The molecule has 1 unspecified atom stereocenters. The van der Waals surface area contributed by atoms with Crippen LogP contribution in [0.15, 0.2) is 0 Å². The molecule has 0 aromatic heterocycles. The predicted molar refractivity (Wildman–Crippen MR) is 77.7 cm³/mol. The van der Waals surface area contributed by atoms with Crippen LogP contribution in [0, 0.1) is 11.8 Å². The van der Waals surface area contributed by atoms with Gasteiger partial charge >= 0.3 is 12.0 Å². The number of carbonyl (C=O) groups is 2. The summed E-state index contributed by atoms with van der Waals surface area (Å²) in [6, 6.07) is 0.0440. The molecule has 2 amide bonds. The molecular formula is C14H27N3O3. The van der Waals surface area contributed by atoms with E-state index in [1.54, 1.807) is 11.8 Å². The summed E-state index contributed by atoms with van der Waals surface area (Å²) in [6.45, 7) is 7.21. The first-order chi connectivity index (χ1) is 9.36. The highest BCUT2D eigenvalue weighted by molar-refractivity contribution is 5.76. The monoisotopic (exact) mass is 285 g/mol. The van der Waals surface area contributed by atoms with Gasteiger partial charge < -0.3 is 19.8 Å². The van der Waals surface area contributed by atoms with Crippen LogP contribution >= 0.6 is 0 Å². The first kappa shape index (κ1) is 16.8. The Morgan fingerprint density at radius 2 is 1.85 bits per heavy atom. The van der Waals surface area contributed by atoms with Crippen molar-refractivity contribution < 1.29 is 14.7 Å². The van der Waals surface area contributed by atoms with Crippen LogP contribution in [0.4, 0.5) is 4.79 Å². The first-order valence-electron chi connectivity index (χ1n) is 7.28. The number of carboxylic acids is 1. The Kier molecular flexibility index (Phi) is 6.26. The quantitative estimate of drug-likeness (QED) is 0.759. The molecule has 1 atom stereocenters. The largest absolute Gasteiger partial charge is 0.481 e. The fraction of sp³-hybridized carbons (Fsp3) is 0.857. The summed E-state index contributed by atoms with van der Waals surface area (Å²) in [4.78, 5) is 28.9. The minimum absolute atomic E-state index is 0.0440. The summed E-state index contributed by atoms with van der Waals surface area (Å²) in [5.74, 6) is -1.06. The SMILES string of the molecule is CCCN(CCN(C)C)C(=O)N1CC(C(C)C(=O)O)C1. The average molecular weight is 285 g/mol. The number of urea groups is 1. The summed E-state index contributed by atoms with van der Waals surface area (Å²) in [5.41, 5.74) is 0. The highest BCUT2D eigenvalue weighted by atomic mass is 16.4. The Hall–Kier alpha value is -1.30. The van der Waals surface area contributed by atoms with Crippen molar-refractivity contribution in [1.82, 2.24) is 14.7 Å². The molecule has 20 heavy (non-hydrogen) atoms. The molecule has 6 heteroatoms. The fourth-order valence-electron chi connectivity index (χ4n) is 2.28. The van der Waals surface area contributed by atoms with Crippen molar-refractivity contribution in [3.8, 4) is 0 Å². The van der Waals surface area contributed by atoms with E-state index in [4.69, 9.17) is 5.11 Å². The summed E-state index contributed by atoms with van der Waals surface area (Å²) in [7, 11) is 3.98. The number of aliphatic carboxylic acids is 1. The van der Waals surface area contributed by atoms with Crippen LogP contribution in [0.3, 0.4) is 0 Å². The van der Waals surface area contributed by atoms with E-state index in [9.17, 15) is 9.59 Å². The van der Waals surface area contributed by atoms with E-state index in [-0.39, 0.29) is 17.9 Å². The summed E-state index contributed by atoms with van der Waals surface area (Å²) >= 11 is 0. The maximum atomic E-state index is 12.4. The summed E-state index contributed by atoms with van der Waals surface area (Å²) in [5, 5.41) is 8.96. The molecule has 1 heterocycles. The van der Waals surface area contributed by atoms with Gasteiger partial charge in [0, 0.05) is 38.6 Å². The molecule has 1 N–H and O–H groups in total. The normalized spacial score (nSPS) is 16.9. The Balaban J connectivity index is 2.45. The van der Waals surface area contributed by atoms with Crippen molar-refractivity contribution in [2.45, 2.75) is 20.3 Å². The molecule has 6 nitrogen and oxygen atoms in total. The molecule has 0 spiro atoms. The molecule has 0 aliphatic carbocycles. The van der Waals surface area contributed by atoms with Crippen molar-refractivity contribution >= 4 is 12.0 Å². The minimum Gasteiger partial charge on any atom is -0.481 e. The third-order valence-electron chi connectivity index (χ3n) is 3.86. The van der Waals surface area contributed by atoms with Gasteiger partial charge in [-0.2, -0.15) is 0 Å². The van der Waals surface area contributed by atoms with Crippen LogP contribution in [0.25, 0.3) is 0 Å². The zero-order valence-electron chi connectivity index (χ0n) is 13.0. The van der Waals surface area contributed by atoms with Gasteiger partial charge in [0.15, 0.2) is 0 Å². The highest BCUT2D eigenvalue weighted by Gasteiger charge is 2.38. The topological polar surface area (TPSA) is 64.1 Å². The van der Waals surface area contributed by atoms with E-state index in [0.717, 1.165) is 26.1 Å². The van der Waals surface area contributed by atoms with Gasteiger partial charge in [-0.3, -0.25) is 4.79 Å². The molecule has 1 aliphatic rings. The molecule has 0 aromatic carbocycles. The second-order valence-corrected chi connectivity index (χ2v) is 5.86. The molecule has 1 saturated heterocycles. The lowest BCUT2D eigenvalue weighted by Crippen LogP contribution is -2.58. The maximum Gasteiger partial charge on any atom is 0.320 e. The zero-order valence-corrected chi connectivity index (χ0v) is 13.0. The van der Waals surface area contributed by atoms with Crippen molar-refractivity contribution in [2.75, 3.05) is 46.8 Å². The zero-order chi connectivity index (χ0) is 15.3. The molecule has 1 aliphatic heterocycles. The van der Waals surface area contributed by atoms with Crippen LogP contribution in [0.2, 0.25) is 0 Å². The number of hydrogen-bond donors (Lipinski definition) is 1. The number of carbonyl (C=O) groups excluding carboxylic acids is 1. The molecule has 1 rings (SSSR count).